The van der Waals surface area contributed by atoms with E-state index in [0.29, 0.717) is 12.1 Å². The molecule has 3 heteroatoms. The average molecular weight is 223 g/mol. The maximum atomic E-state index is 4.05. The SMILES string of the molecule is CCCCCC(C)NC(C)Cn1ccnc1. The van der Waals surface area contributed by atoms with E-state index in [2.05, 4.69) is 35.6 Å². The first-order valence-corrected chi connectivity index (χ1v) is 6.44. The van der Waals surface area contributed by atoms with Crippen molar-refractivity contribution < 1.29 is 0 Å². The molecule has 0 saturated carbocycles. The number of nitrogens with zero attached hydrogens (tertiary/aromatic N) is 2. The molecule has 0 amide bonds. The van der Waals surface area contributed by atoms with Crippen LogP contribution in [0, 0.1) is 0 Å². The van der Waals surface area contributed by atoms with Crippen LogP contribution >= 0.6 is 0 Å². The van der Waals surface area contributed by atoms with E-state index in [-0.39, 0.29) is 0 Å². The Hall–Kier alpha value is -0.830. The quantitative estimate of drug-likeness (QED) is 0.687. The van der Waals surface area contributed by atoms with Gasteiger partial charge in [-0.15, -0.1) is 0 Å². The Kier molecular flexibility index (Phi) is 6.16. The van der Waals surface area contributed by atoms with Crippen molar-refractivity contribution in [3.63, 3.8) is 0 Å². The molecule has 3 nitrogen and oxygen atoms in total. The molecular weight excluding hydrogens is 198 g/mol. The van der Waals surface area contributed by atoms with E-state index in [1.807, 2.05) is 18.7 Å². The Labute approximate surface area is 99.3 Å². The second kappa shape index (κ2) is 7.44. The van der Waals surface area contributed by atoms with E-state index in [1.54, 1.807) is 0 Å². The van der Waals surface area contributed by atoms with Crippen LogP contribution in [0.3, 0.4) is 0 Å². The van der Waals surface area contributed by atoms with Gasteiger partial charge in [-0.05, 0) is 20.3 Å². The maximum Gasteiger partial charge on any atom is 0.0946 e. The molecule has 0 aliphatic rings. The minimum Gasteiger partial charge on any atom is -0.336 e. The van der Waals surface area contributed by atoms with E-state index < -0.39 is 0 Å². The third-order valence-corrected chi connectivity index (χ3v) is 2.85. The van der Waals surface area contributed by atoms with Gasteiger partial charge in [-0.1, -0.05) is 26.2 Å². The van der Waals surface area contributed by atoms with Gasteiger partial charge in [0.1, 0.15) is 0 Å². The standard InChI is InChI=1S/C13H25N3/c1-4-5-6-7-12(2)15-13(3)10-16-9-8-14-11-16/h8-9,11-13,15H,4-7,10H2,1-3H3. The number of rotatable bonds is 8. The lowest BCUT2D eigenvalue weighted by Gasteiger charge is -2.20. The molecule has 0 fully saturated rings. The van der Waals surface area contributed by atoms with Gasteiger partial charge in [-0.3, -0.25) is 0 Å². The molecule has 1 aromatic rings. The maximum absolute atomic E-state index is 4.05. The predicted molar refractivity (Wildman–Crippen MR) is 68.4 cm³/mol. The molecule has 2 atom stereocenters. The zero-order valence-electron chi connectivity index (χ0n) is 10.8. The Morgan fingerprint density at radius 1 is 1.25 bits per heavy atom. The second-order valence-corrected chi connectivity index (χ2v) is 4.72. The van der Waals surface area contributed by atoms with Crippen molar-refractivity contribution in [2.75, 3.05) is 0 Å². The molecule has 0 bridgehead atoms. The van der Waals surface area contributed by atoms with Crippen molar-refractivity contribution in [1.29, 1.82) is 0 Å². The van der Waals surface area contributed by atoms with Crippen molar-refractivity contribution >= 4 is 0 Å². The highest BCUT2D eigenvalue weighted by Gasteiger charge is 2.07. The van der Waals surface area contributed by atoms with Crippen molar-refractivity contribution in [3.8, 4) is 0 Å². The third kappa shape index (κ3) is 5.31. The molecule has 0 aliphatic carbocycles. The fraction of sp³-hybridized carbons (Fsp3) is 0.769. The summed E-state index contributed by atoms with van der Waals surface area (Å²) >= 11 is 0. The Morgan fingerprint density at radius 2 is 2.06 bits per heavy atom. The van der Waals surface area contributed by atoms with Crippen LogP contribution in [0.4, 0.5) is 0 Å². The van der Waals surface area contributed by atoms with Crippen LogP contribution in [0.1, 0.15) is 46.5 Å². The molecule has 92 valence electrons. The van der Waals surface area contributed by atoms with Gasteiger partial charge in [0.15, 0.2) is 0 Å². The molecule has 1 N–H and O–H groups in total. The lowest BCUT2D eigenvalue weighted by atomic mass is 10.1. The zero-order chi connectivity index (χ0) is 11.8. The lowest BCUT2D eigenvalue weighted by Crippen LogP contribution is -2.37. The Balaban J connectivity index is 2.15. The van der Waals surface area contributed by atoms with Crippen molar-refractivity contribution in [2.24, 2.45) is 0 Å². The molecule has 0 saturated heterocycles. The first-order chi connectivity index (χ1) is 7.72. The molecular formula is C13H25N3. The minimum atomic E-state index is 0.505. The summed E-state index contributed by atoms with van der Waals surface area (Å²) in [4.78, 5) is 4.05. The number of unbranched alkanes of at least 4 members (excludes halogenated alkanes) is 2. The normalized spacial score (nSPS) is 14.9. The predicted octanol–water partition coefficient (Wildman–Crippen LogP) is 2.83. The van der Waals surface area contributed by atoms with E-state index in [1.165, 1.54) is 25.7 Å². The van der Waals surface area contributed by atoms with Gasteiger partial charge in [0.2, 0.25) is 0 Å². The molecule has 0 aliphatic heterocycles. The van der Waals surface area contributed by atoms with Gasteiger partial charge in [-0.25, -0.2) is 4.98 Å². The zero-order valence-corrected chi connectivity index (χ0v) is 10.8. The van der Waals surface area contributed by atoms with Crippen LogP contribution in [0.15, 0.2) is 18.7 Å². The summed E-state index contributed by atoms with van der Waals surface area (Å²) < 4.78 is 2.12. The summed E-state index contributed by atoms with van der Waals surface area (Å²) in [6, 6.07) is 1.12. The van der Waals surface area contributed by atoms with Crippen LogP contribution < -0.4 is 5.32 Å². The van der Waals surface area contributed by atoms with Gasteiger partial charge in [0, 0.05) is 31.0 Å². The molecule has 1 rings (SSSR count). The van der Waals surface area contributed by atoms with Crippen LogP contribution in [0.2, 0.25) is 0 Å². The minimum absolute atomic E-state index is 0.505. The van der Waals surface area contributed by atoms with E-state index >= 15 is 0 Å². The molecule has 0 radical (unpaired) electrons. The lowest BCUT2D eigenvalue weighted by molar-refractivity contribution is 0.399. The smallest absolute Gasteiger partial charge is 0.0946 e. The summed E-state index contributed by atoms with van der Waals surface area (Å²) in [6.07, 6.45) is 11.0. The van der Waals surface area contributed by atoms with Crippen molar-refractivity contribution in [3.05, 3.63) is 18.7 Å². The molecule has 0 spiro atoms. The fourth-order valence-electron chi connectivity index (χ4n) is 2.03. The van der Waals surface area contributed by atoms with Crippen molar-refractivity contribution in [1.82, 2.24) is 14.9 Å². The van der Waals surface area contributed by atoms with Crippen LogP contribution in [-0.2, 0) is 6.54 Å². The number of nitrogens with one attached hydrogen (secondary N) is 1. The van der Waals surface area contributed by atoms with Gasteiger partial charge in [-0.2, -0.15) is 0 Å². The molecule has 0 aromatic carbocycles. The summed E-state index contributed by atoms with van der Waals surface area (Å²) in [5.74, 6) is 0. The first kappa shape index (κ1) is 13.2. The van der Waals surface area contributed by atoms with Crippen LogP contribution in [-0.4, -0.2) is 21.6 Å². The van der Waals surface area contributed by atoms with Gasteiger partial charge in [0.25, 0.3) is 0 Å². The summed E-state index contributed by atoms with van der Waals surface area (Å²) in [5, 5.41) is 3.63. The Bertz CT molecular complexity index is 256. The number of imidazole rings is 1. The third-order valence-electron chi connectivity index (χ3n) is 2.85. The van der Waals surface area contributed by atoms with Gasteiger partial charge >= 0.3 is 0 Å². The number of aromatic nitrogens is 2. The molecule has 1 aromatic heterocycles. The highest BCUT2D eigenvalue weighted by Crippen LogP contribution is 2.04. The number of hydrogen-bond acceptors (Lipinski definition) is 2. The number of hydrogen-bond donors (Lipinski definition) is 1. The average Bonchev–Trinajstić information content (AvgIpc) is 2.70. The van der Waals surface area contributed by atoms with E-state index in [0.717, 1.165) is 6.54 Å². The molecule has 2 unspecified atom stereocenters. The monoisotopic (exact) mass is 223 g/mol. The second-order valence-electron chi connectivity index (χ2n) is 4.72. The molecule has 1 heterocycles. The highest BCUT2D eigenvalue weighted by molar-refractivity contribution is 4.77. The summed E-state index contributed by atoms with van der Waals surface area (Å²) in [6.45, 7) is 7.76. The fourth-order valence-corrected chi connectivity index (χ4v) is 2.03. The topological polar surface area (TPSA) is 29.9 Å². The molecule has 16 heavy (non-hydrogen) atoms. The summed E-state index contributed by atoms with van der Waals surface area (Å²) in [7, 11) is 0. The highest BCUT2D eigenvalue weighted by atomic mass is 15.1. The largest absolute Gasteiger partial charge is 0.336 e. The van der Waals surface area contributed by atoms with Gasteiger partial charge < -0.3 is 9.88 Å². The van der Waals surface area contributed by atoms with E-state index in [4.69, 9.17) is 0 Å². The van der Waals surface area contributed by atoms with Crippen LogP contribution in [0.25, 0.3) is 0 Å². The summed E-state index contributed by atoms with van der Waals surface area (Å²) in [5.41, 5.74) is 0. The van der Waals surface area contributed by atoms with Gasteiger partial charge in [0.05, 0.1) is 6.33 Å². The first-order valence-electron chi connectivity index (χ1n) is 6.44. The Morgan fingerprint density at radius 3 is 2.69 bits per heavy atom. The van der Waals surface area contributed by atoms with Crippen molar-refractivity contribution in [2.45, 2.75) is 65.1 Å². The van der Waals surface area contributed by atoms with E-state index in [9.17, 15) is 0 Å². The van der Waals surface area contributed by atoms with Crippen LogP contribution in [0.5, 0.6) is 0 Å².